The molecule has 0 heterocycles. The van der Waals surface area contributed by atoms with Gasteiger partial charge >= 0.3 is 5.97 Å². The number of esters is 1. The highest BCUT2D eigenvalue weighted by atomic mass is 16.5. The molecule has 4 heteroatoms. The molecule has 0 radical (unpaired) electrons. The molecule has 17 heavy (non-hydrogen) atoms. The van der Waals surface area contributed by atoms with Crippen molar-refractivity contribution in [3.8, 4) is 0 Å². The number of hydrogen-bond acceptors (Lipinski definition) is 3. The lowest BCUT2D eigenvalue weighted by Crippen LogP contribution is -2.29. The molecule has 0 fully saturated rings. The molecular weight excluding hydrogens is 218 g/mol. The molecule has 0 spiro atoms. The lowest BCUT2D eigenvalue weighted by atomic mass is 10.1. The Kier molecular flexibility index (Phi) is 4.69. The van der Waals surface area contributed by atoms with E-state index in [9.17, 15) is 9.59 Å². The van der Waals surface area contributed by atoms with E-state index in [-0.39, 0.29) is 18.3 Å². The van der Waals surface area contributed by atoms with Crippen LogP contribution in [0.5, 0.6) is 0 Å². The third kappa shape index (κ3) is 3.90. The van der Waals surface area contributed by atoms with Crippen LogP contribution in [0.3, 0.4) is 0 Å². The molecule has 0 aliphatic rings. The van der Waals surface area contributed by atoms with Gasteiger partial charge in [0.25, 0.3) is 5.91 Å². The van der Waals surface area contributed by atoms with E-state index in [0.717, 1.165) is 5.56 Å². The molecule has 0 saturated heterocycles. The van der Waals surface area contributed by atoms with Crippen molar-refractivity contribution in [2.75, 3.05) is 20.7 Å². The lowest BCUT2D eigenvalue weighted by molar-refractivity contribution is -0.140. The normalized spacial score (nSPS) is 9.82. The average Bonchev–Trinajstić information content (AvgIpc) is 2.34. The van der Waals surface area contributed by atoms with Gasteiger partial charge in [0, 0.05) is 19.2 Å². The van der Waals surface area contributed by atoms with Gasteiger partial charge < -0.3 is 9.64 Å². The van der Waals surface area contributed by atoms with E-state index in [0.29, 0.717) is 12.1 Å². The fraction of sp³-hybridized carbons (Fsp3) is 0.385. The Morgan fingerprint density at radius 1 is 1.35 bits per heavy atom. The quantitative estimate of drug-likeness (QED) is 0.745. The zero-order chi connectivity index (χ0) is 12.8. The van der Waals surface area contributed by atoms with Crippen LogP contribution in [0.4, 0.5) is 0 Å². The first-order valence-corrected chi connectivity index (χ1v) is 5.43. The van der Waals surface area contributed by atoms with Gasteiger partial charge in [-0.15, -0.1) is 0 Å². The molecule has 0 aliphatic heterocycles. The predicted molar refractivity (Wildman–Crippen MR) is 64.8 cm³/mol. The second kappa shape index (κ2) is 6.03. The summed E-state index contributed by atoms with van der Waals surface area (Å²) in [5.41, 5.74) is 1.68. The van der Waals surface area contributed by atoms with Crippen LogP contribution in [0.25, 0.3) is 0 Å². The highest BCUT2D eigenvalue weighted by Crippen LogP contribution is 2.07. The number of amides is 1. The highest BCUT2D eigenvalue weighted by Gasteiger charge is 2.12. The molecule has 0 unspecified atom stereocenters. The van der Waals surface area contributed by atoms with Gasteiger partial charge in [0.2, 0.25) is 0 Å². The van der Waals surface area contributed by atoms with Crippen molar-refractivity contribution < 1.29 is 14.3 Å². The zero-order valence-electron chi connectivity index (χ0n) is 10.4. The summed E-state index contributed by atoms with van der Waals surface area (Å²) in [6.45, 7) is 2.30. The molecular formula is C13H17NO3. The smallest absolute Gasteiger partial charge is 0.307 e. The van der Waals surface area contributed by atoms with Gasteiger partial charge in [0.05, 0.1) is 13.5 Å². The van der Waals surface area contributed by atoms with Gasteiger partial charge in [-0.2, -0.15) is 0 Å². The highest BCUT2D eigenvalue weighted by molar-refractivity contribution is 5.94. The van der Waals surface area contributed by atoms with Crippen molar-refractivity contribution in [2.45, 2.75) is 13.3 Å². The van der Waals surface area contributed by atoms with Crippen molar-refractivity contribution in [3.05, 3.63) is 35.4 Å². The Balaban J connectivity index is 2.61. The Labute approximate surface area is 101 Å². The van der Waals surface area contributed by atoms with Gasteiger partial charge in [0.1, 0.15) is 0 Å². The number of hydrogen-bond donors (Lipinski definition) is 0. The molecule has 0 saturated carbocycles. The SMILES string of the molecule is COC(=O)CCN(C)C(=O)c1cccc(C)c1. The maximum atomic E-state index is 12.0. The van der Waals surface area contributed by atoms with Gasteiger partial charge in [-0.1, -0.05) is 17.7 Å². The molecule has 1 rings (SSSR count). The number of nitrogens with zero attached hydrogens (tertiary/aromatic N) is 1. The van der Waals surface area contributed by atoms with Crippen molar-refractivity contribution in [1.82, 2.24) is 4.90 Å². The van der Waals surface area contributed by atoms with Gasteiger partial charge in [-0.3, -0.25) is 9.59 Å². The Bertz CT molecular complexity index is 415. The average molecular weight is 235 g/mol. The molecule has 1 amide bonds. The fourth-order valence-corrected chi connectivity index (χ4v) is 1.46. The summed E-state index contributed by atoms with van der Waals surface area (Å²) >= 11 is 0. The molecule has 4 nitrogen and oxygen atoms in total. The second-order valence-electron chi connectivity index (χ2n) is 3.92. The summed E-state index contributed by atoms with van der Waals surface area (Å²) in [5, 5.41) is 0. The monoisotopic (exact) mass is 235 g/mol. The minimum Gasteiger partial charge on any atom is -0.469 e. The molecule has 1 aromatic carbocycles. The van der Waals surface area contributed by atoms with Crippen LogP contribution < -0.4 is 0 Å². The molecule has 0 aliphatic carbocycles. The number of aryl methyl sites for hydroxylation is 1. The molecule has 0 aromatic heterocycles. The Morgan fingerprint density at radius 2 is 2.06 bits per heavy atom. The summed E-state index contributed by atoms with van der Waals surface area (Å²) in [6.07, 6.45) is 0.213. The molecule has 0 N–H and O–H groups in total. The second-order valence-corrected chi connectivity index (χ2v) is 3.92. The van der Waals surface area contributed by atoms with Crippen LogP contribution in [0.1, 0.15) is 22.3 Å². The van der Waals surface area contributed by atoms with E-state index in [2.05, 4.69) is 4.74 Å². The largest absolute Gasteiger partial charge is 0.469 e. The topological polar surface area (TPSA) is 46.6 Å². The van der Waals surface area contributed by atoms with Crippen LogP contribution in [0.15, 0.2) is 24.3 Å². The first-order chi connectivity index (χ1) is 8.04. The van der Waals surface area contributed by atoms with E-state index < -0.39 is 0 Å². The summed E-state index contributed by atoms with van der Waals surface area (Å²) in [7, 11) is 3.01. The third-order valence-corrected chi connectivity index (χ3v) is 2.49. The van der Waals surface area contributed by atoms with Gasteiger partial charge in [-0.05, 0) is 19.1 Å². The van der Waals surface area contributed by atoms with Crippen LogP contribution in [-0.4, -0.2) is 37.5 Å². The van der Waals surface area contributed by atoms with Crippen molar-refractivity contribution in [1.29, 1.82) is 0 Å². The van der Waals surface area contributed by atoms with Gasteiger partial charge in [0.15, 0.2) is 0 Å². The number of methoxy groups -OCH3 is 1. The van der Waals surface area contributed by atoms with Crippen LogP contribution in [0, 0.1) is 6.92 Å². The van der Waals surface area contributed by atoms with E-state index in [1.165, 1.54) is 12.0 Å². The van der Waals surface area contributed by atoms with Crippen molar-refractivity contribution >= 4 is 11.9 Å². The van der Waals surface area contributed by atoms with E-state index >= 15 is 0 Å². The number of carbonyl (C=O) groups excluding carboxylic acids is 2. The minimum atomic E-state index is -0.311. The number of ether oxygens (including phenoxy) is 1. The van der Waals surface area contributed by atoms with E-state index in [1.807, 2.05) is 25.1 Å². The minimum absolute atomic E-state index is 0.0856. The van der Waals surface area contributed by atoms with Crippen LogP contribution >= 0.6 is 0 Å². The van der Waals surface area contributed by atoms with Crippen molar-refractivity contribution in [2.24, 2.45) is 0 Å². The summed E-state index contributed by atoms with van der Waals surface area (Å²) < 4.78 is 4.53. The van der Waals surface area contributed by atoms with Crippen molar-refractivity contribution in [3.63, 3.8) is 0 Å². The summed E-state index contributed by atoms with van der Waals surface area (Å²) in [5.74, 6) is -0.397. The molecule has 0 bridgehead atoms. The predicted octanol–water partition coefficient (Wildman–Crippen LogP) is 1.63. The summed E-state index contributed by atoms with van der Waals surface area (Å²) in [4.78, 5) is 24.5. The molecule has 1 aromatic rings. The standard InChI is InChI=1S/C13H17NO3/c1-10-5-4-6-11(9-10)13(16)14(2)8-7-12(15)17-3/h4-6,9H,7-8H2,1-3H3. The number of carbonyl (C=O) groups is 2. The third-order valence-electron chi connectivity index (χ3n) is 2.49. The number of rotatable bonds is 4. The molecule has 92 valence electrons. The summed E-state index contributed by atoms with van der Waals surface area (Å²) in [6, 6.07) is 7.38. The Morgan fingerprint density at radius 3 is 2.65 bits per heavy atom. The fourth-order valence-electron chi connectivity index (χ4n) is 1.46. The first kappa shape index (κ1) is 13.2. The maximum Gasteiger partial charge on any atom is 0.307 e. The lowest BCUT2D eigenvalue weighted by Gasteiger charge is -2.16. The first-order valence-electron chi connectivity index (χ1n) is 5.43. The molecule has 0 atom stereocenters. The van der Waals surface area contributed by atoms with Gasteiger partial charge in [-0.25, -0.2) is 0 Å². The maximum absolute atomic E-state index is 12.0. The Hall–Kier alpha value is -1.84. The van der Waals surface area contributed by atoms with Crippen LogP contribution in [-0.2, 0) is 9.53 Å². The van der Waals surface area contributed by atoms with E-state index in [4.69, 9.17) is 0 Å². The number of benzene rings is 1. The van der Waals surface area contributed by atoms with Crippen LogP contribution in [0.2, 0.25) is 0 Å². The van der Waals surface area contributed by atoms with E-state index in [1.54, 1.807) is 13.1 Å². The zero-order valence-corrected chi connectivity index (χ0v) is 10.4.